The molecule has 1 aliphatic heterocycles. The molecule has 0 bridgehead atoms. The molecule has 2 N–H and O–H groups in total. The van der Waals surface area contributed by atoms with Crippen molar-refractivity contribution < 1.29 is 14.7 Å². The molecule has 2 amide bonds. The molecule has 2 rings (SSSR count). The molecule has 5 heteroatoms. The number of benzene rings is 1. The number of nitrogens with one attached hydrogen (secondary N) is 1. The van der Waals surface area contributed by atoms with Crippen molar-refractivity contribution in [1.82, 2.24) is 10.2 Å². The van der Waals surface area contributed by atoms with Crippen molar-refractivity contribution in [3.8, 4) is 0 Å². The Labute approximate surface area is 111 Å². The molecule has 1 aliphatic rings. The van der Waals surface area contributed by atoms with Gasteiger partial charge in [-0.25, -0.2) is 4.79 Å². The highest BCUT2D eigenvalue weighted by Crippen LogP contribution is 2.09. The van der Waals surface area contributed by atoms with Crippen molar-refractivity contribution in [2.24, 2.45) is 0 Å². The van der Waals surface area contributed by atoms with Crippen molar-refractivity contribution >= 4 is 18.1 Å². The fourth-order valence-corrected chi connectivity index (χ4v) is 1.91. The van der Waals surface area contributed by atoms with Gasteiger partial charge in [-0.15, -0.1) is 0 Å². The second-order valence-corrected chi connectivity index (χ2v) is 4.34. The molecular formula is C14H16N2O3. The minimum Gasteiger partial charge on any atom is -0.465 e. The molecule has 0 saturated carbocycles. The van der Waals surface area contributed by atoms with E-state index in [1.165, 1.54) is 4.90 Å². The smallest absolute Gasteiger partial charge is 0.408 e. The lowest BCUT2D eigenvalue weighted by atomic mass is 10.1. The topological polar surface area (TPSA) is 69.6 Å². The summed E-state index contributed by atoms with van der Waals surface area (Å²) in [7, 11) is 0. The van der Waals surface area contributed by atoms with E-state index in [9.17, 15) is 9.59 Å². The van der Waals surface area contributed by atoms with E-state index in [1.807, 2.05) is 42.5 Å². The number of carbonyl (C=O) groups is 2. The Kier molecular flexibility index (Phi) is 4.18. The Hall–Kier alpha value is -2.30. The Balaban J connectivity index is 1.84. The van der Waals surface area contributed by atoms with Gasteiger partial charge in [-0.3, -0.25) is 9.69 Å². The highest BCUT2D eigenvalue weighted by atomic mass is 16.4. The Morgan fingerprint density at radius 3 is 2.68 bits per heavy atom. The van der Waals surface area contributed by atoms with Crippen LogP contribution in [0.25, 0.3) is 6.08 Å². The summed E-state index contributed by atoms with van der Waals surface area (Å²) in [5, 5.41) is 11.6. The van der Waals surface area contributed by atoms with E-state index in [0.717, 1.165) is 5.56 Å². The molecule has 0 aliphatic carbocycles. The quantitative estimate of drug-likeness (QED) is 0.789. The normalized spacial score (nSPS) is 17.9. The summed E-state index contributed by atoms with van der Waals surface area (Å²) >= 11 is 0. The Bertz CT molecular complexity index is 485. The van der Waals surface area contributed by atoms with E-state index in [4.69, 9.17) is 5.11 Å². The molecule has 1 fully saturated rings. The van der Waals surface area contributed by atoms with Crippen LogP contribution in [0.4, 0.5) is 4.79 Å². The second-order valence-electron chi connectivity index (χ2n) is 4.34. The molecule has 0 unspecified atom stereocenters. The molecule has 0 radical (unpaired) electrons. The largest absolute Gasteiger partial charge is 0.465 e. The predicted octanol–water partition coefficient (Wildman–Crippen LogP) is 1.57. The second kappa shape index (κ2) is 6.04. The summed E-state index contributed by atoms with van der Waals surface area (Å²) in [6.45, 7) is 0.740. The SMILES string of the molecule is O=C1NC[C@@H]1N(CC/C=C/c1ccccc1)C(=O)O. The zero-order valence-electron chi connectivity index (χ0n) is 10.5. The maximum atomic E-state index is 11.2. The van der Waals surface area contributed by atoms with Gasteiger partial charge in [-0.2, -0.15) is 0 Å². The zero-order chi connectivity index (χ0) is 13.7. The van der Waals surface area contributed by atoms with E-state index < -0.39 is 12.1 Å². The molecular weight excluding hydrogens is 244 g/mol. The van der Waals surface area contributed by atoms with Crippen LogP contribution in [0.15, 0.2) is 36.4 Å². The monoisotopic (exact) mass is 260 g/mol. The van der Waals surface area contributed by atoms with Gasteiger partial charge in [0.05, 0.1) is 0 Å². The number of β-lactam (4-membered cyclic amide) rings is 1. The molecule has 100 valence electrons. The van der Waals surface area contributed by atoms with Gasteiger partial charge in [0, 0.05) is 13.1 Å². The highest BCUT2D eigenvalue weighted by molar-refractivity contribution is 5.90. The fraction of sp³-hybridized carbons (Fsp3) is 0.286. The first-order valence-electron chi connectivity index (χ1n) is 6.17. The molecule has 1 aromatic rings. The van der Waals surface area contributed by atoms with Crippen molar-refractivity contribution in [2.75, 3.05) is 13.1 Å². The summed E-state index contributed by atoms with van der Waals surface area (Å²) in [6.07, 6.45) is 3.40. The number of carboxylic acid groups (broad SMARTS) is 1. The average molecular weight is 260 g/mol. The first-order valence-corrected chi connectivity index (χ1v) is 6.17. The van der Waals surface area contributed by atoms with Gasteiger partial charge >= 0.3 is 6.09 Å². The number of hydrogen-bond acceptors (Lipinski definition) is 2. The number of carbonyl (C=O) groups excluding carboxylic acids is 1. The summed E-state index contributed by atoms with van der Waals surface area (Å²) in [4.78, 5) is 23.5. The number of nitrogens with zero attached hydrogens (tertiary/aromatic N) is 1. The summed E-state index contributed by atoms with van der Waals surface area (Å²) < 4.78 is 0. The van der Waals surface area contributed by atoms with Crippen LogP contribution in [0.1, 0.15) is 12.0 Å². The molecule has 5 nitrogen and oxygen atoms in total. The standard InChI is InChI=1S/C14H16N2O3/c17-13-12(10-15-13)16(14(18)19)9-5-4-8-11-6-2-1-3-7-11/h1-4,6-8,12H,5,9-10H2,(H,15,17)(H,18,19)/b8-4+/t12-/m0/s1. The fourth-order valence-electron chi connectivity index (χ4n) is 1.91. The summed E-state index contributed by atoms with van der Waals surface area (Å²) in [6, 6.07) is 9.26. The Morgan fingerprint density at radius 2 is 2.16 bits per heavy atom. The lowest BCUT2D eigenvalue weighted by Crippen LogP contribution is -2.63. The van der Waals surface area contributed by atoms with Crippen LogP contribution in [0.2, 0.25) is 0 Å². The van der Waals surface area contributed by atoms with Crippen molar-refractivity contribution in [3.63, 3.8) is 0 Å². The van der Waals surface area contributed by atoms with E-state index in [0.29, 0.717) is 19.5 Å². The van der Waals surface area contributed by atoms with E-state index >= 15 is 0 Å². The molecule has 1 heterocycles. The first kappa shape index (κ1) is 13.1. The van der Waals surface area contributed by atoms with Crippen molar-refractivity contribution in [2.45, 2.75) is 12.5 Å². The number of amides is 2. The lowest BCUT2D eigenvalue weighted by Gasteiger charge is -2.34. The maximum Gasteiger partial charge on any atom is 0.408 e. The van der Waals surface area contributed by atoms with Gasteiger partial charge in [0.2, 0.25) is 5.91 Å². The molecule has 1 aromatic carbocycles. The van der Waals surface area contributed by atoms with Crippen LogP contribution in [0.3, 0.4) is 0 Å². The highest BCUT2D eigenvalue weighted by Gasteiger charge is 2.35. The third kappa shape index (κ3) is 3.34. The Morgan fingerprint density at radius 1 is 1.42 bits per heavy atom. The lowest BCUT2D eigenvalue weighted by molar-refractivity contribution is -0.132. The van der Waals surface area contributed by atoms with Gasteiger partial charge in [-0.05, 0) is 12.0 Å². The van der Waals surface area contributed by atoms with Gasteiger partial charge in [0.25, 0.3) is 0 Å². The minimum absolute atomic E-state index is 0.213. The summed E-state index contributed by atoms with van der Waals surface area (Å²) in [5.41, 5.74) is 1.07. The molecule has 19 heavy (non-hydrogen) atoms. The zero-order valence-corrected chi connectivity index (χ0v) is 10.5. The molecule has 0 spiro atoms. The number of hydrogen-bond donors (Lipinski definition) is 2. The van der Waals surface area contributed by atoms with Crippen LogP contribution >= 0.6 is 0 Å². The molecule has 1 atom stereocenters. The third-order valence-electron chi connectivity index (χ3n) is 3.04. The van der Waals surface area contributed by atoms with Gasteiger partial charge < -0.3 is 10.4 Å². The van der Waals surface area contributed by atoms with Crippen LogP contribution in [0.5, 0.6) is 0 Å². The average Bonchev–Trinajstić information content (AvgIpc) is 2.41. The van der Waals surface area contributed by atoms with Crippen molar-refractivity contribution in [1.29, 1.82) is 0 Å². The summed E-state index contributed by atoms with van der Waals surface area (Å²) in [5.74, 6) is -0.213. The van der Waals surface area contributed by atoms with Gasteiger partial charge in [-0.1, -0.05) is 42.5 Å². The molecule has 0 aromatic heterocycles. The minimum atomic E-state index is -1.05. The van der Waals surface area contributed by atoms with E-state index in [1.54, 1.807) is 0 Å². The predicted molar refractivity (Wildman–Crippen MR) is 71.6 cm³/mol. The van der Waals surface area contributed by atoms with Gasteiger partial charge in [0.15, 0.2) is 0 Å². The van der Waals surface area contributed by atoms with Crippen LogP contribution in [-0.4, -0.2) is 41.1 Å². The number of rotatable bonds is 5. The third-order valence-corrected chi connectivity index (χ3v) is 3.04. The maximum absolute atomic E-state index is 11.2. The van der Waals surface area contributed by atoms with Crippen LogP contribution < -0.4 is 5.32 Å². The van der Waals surface area contributed by atoms with Gasteiger partial charge in [0.1, 0.15) is 6.04 Å². The van der Waals surface area contributed by atoms with Crippen molar-refractivity contribution in [3.05, 3.63) is 42.0 Å². The van der Waals surface area contributed by atoms with Crippen LogP contribution in [-0.2, 0) is 4.79 Å². The van der Waals surface area contributed by atoms with Crippen LogP contribution in [0, 0.1) is 0 Å². The first-order chi connectivity index (χ1) is 9.18. The van der Waals surface area contributed by atoms with E-state index in [2.05, 4.69) is 5.32 Å². The molecule has 1 saturated heterocycles. The van der Waals surface area contributed by atoms with E-state index in [-0.39, 0.29) is 5.91 Å².